The van der Waals surface area contributed by atoms with Crippen molar-refractivity contribution in [3.05, 3.63) is 0 Å². The zero-order valence-corrected chi connectivity index (χ0v) is 9.45. The van der Waals surface area contributed by atoms with Crippen LogP contribution in [-0.2, 0) is 24.3 Å². The molecule has 0 heterocycles. The summed E-state index contributed by atoms with van der Waals surface area (Å²) in [4.78, 5) is 8.00. The van der Waals surface area contributed by atoms with E-state index in [-0.39, 0.29) is 49.2 Å². The van der Waals surface area contributed by atoms with Gasteiger partial charge in [-0.1, -0.05) is 0 Å². The Balaban J connectivity index is -0.000000000833. The molecule has 0 bridgehead atoms. The van der Waals surface area contributed by atoms with E-state index in [1.54, 1.807) is 0 Å². The summed E-state index contributed by atoms with van der Waals surface area (Å²) in [6.07, 6.45) is 0. The third-order valence-corrected chi connectivity index (χ3v) is 0. The minimum atomic E-state index is 0. The predicted octanol–water partition coefficient (Wildman–Crippen LogP) is -0.0131. The number of rotatable bonds is 0. The molecule has 0 saturated heterocycles. The fourth-order valence-corrected chi connectivity index (χ4v) is 0. The van der Waals surface area contributed by atoms with Crippen molar-refractivity contribution >= 4 is 36.5 Å². The first-order valence-electron chi connectivity index (χ1n) is 0.289. The van der Waals surface area contributed by atoms with Gasteiger partial charge in [0.1, 0.15) is 6.79 Å². The summed E-state index contributed by atoms with van der Waals surface area (Å²) in [5, 5.41) is 0. The van der Waals surface area contributed by atoms with Gasteiger partial charge in [-0.05, 0) is 0 Å². The average molecular weight is 235 g/mol. The first-order valence-corrected chi connectivity index (χ1v) is 0.289. The average Bonchev–Trinajstić information content (AvgIpc) is 1.00. The second-order valence-electron chi connectivity index (χ2n) is 0. The van der Waals surface area contributed by atoms with Crippen LogP contribution in [0.4, 0.5) is 0 Å². The van der Waals surface area contributed by atoms with Crippen molar-refractivity contribution in [1.29, 1.82) is 0 Å². The second-order valence-corrected chi connectivity index (χ2v) is 0. The van der Waals surface area contributed by atoms with Gasteiger partial charge in [0.25, 0.3) is 0 Å². The van der Waals surface area contributed by atoms with Crippen molar-refractivity contribution in [3.8, 4) is 0 Å². The van der Waals surface area contributed by atoms with Gasteiger partial charge < -0.3 is 4.79 Å². The number of carbonyl (C=O) groups excluding carboxylic acids is 1. The van der Waals surface area contributed by atoms with Gasteiger partial charge in [-0.2, -0.15) is 29.7 Å². The van der Waals surface area contributed by atoms with Crippen molar-refractivity contribution in [3.63, 3.8) is 0 Å². The predicted molar refractivity (Wildman–Crippen MR) is 40.4 cm³/mol. The standard InChI is InChI=1S/CH2O.3H3P.Rh/c1-2;;;;/h1H2;3*1H3;. The van der Waals surface area contributed by atoms with E-state index < -0.39 is 0 Å². The summed E-state index contributed by atoms with van der Waals surface area (Å²) >= 11 is 0. The van der Waals surface area contributed by atoms with Crippen LogP contribution in [0.5, 0.6) is 0 Å². The third kappa shape index (κ3) is 46.8. The van der Waals surface area contributed by atoms with Crippen LogP contribution >= 0.6 is 29.7 Å². The zero-order valence-electron chi connectivity index (χ0n) is 3.57. The van der Waals surface area contributed by atoms with E-state index in [1.807, 2.05) is 6.79 Å². The molecule has 1 nitrogen and oxygen atoms in total. The van der Waals surface area contributed by atoms with Crippen molar-refractivity contribution in [1.82, 2.24) is 0 Å². The number of hydrogen-bond donors (Lipinski definition) is 0. The van der Waals surface area contributed by atoms with Gasteiger partial charge >= 0.3 is 0 Å². The number of hydrogen-bond acceptors (Lipinski definition) is 1. The maximum Gasteiger partial charge on any atom is 0.106 e. The Hall–Kier alpha value is 1.58. The first-order chi connectivity index (χ1) is 1.00. The van der Waals surface area contributed by atoms with Gasteiger partial charge in [0.05, 0.1) is 0 Å². The van der Waals surface area contributed by atoms with E-state index in [0.29, 0.717) is 0 Å². The Labute approximate surface area is 61.0 Å². The molecule has 0 aromatic rings. The van der Waals surface area contributed by atoms with Crippen LogP contribution in [0.2, 0.25) is 0 Å². The van der Waals surface area contributed by atoms with E-state index in [4.69, 9.17) is 4.79 Å². The van der Waals surface area contributed by atoms with E-state index in [2.05, 4.69) is 0 Å². The van der Waals surface area contributed by atoms with Gasteiger partial charge in [-0.15, -0.1) is 0 Å². The van der Waals surface area contributed by atoms with Crippen LogP contribution in [0.3, 0.4) is 0 Å². The van der Waals surface area contributed by atoms with Crippen LogP contribution in [0.25, 0.3) is 0 Å². The molecule has 0 aliphatic carbocycles. The van der Waals surface area contributed by atoms with Crippen LogP contribution in [0.15, 0.2) is 0 Å². The van der Waals surface area contributed by atoms with E-state index in [9.17, 15) is 0 Å². The van der Waals surface area contributed by atoms with Crippen LogP contribution in [0, 0.1) is 0 Å². The Bertz CT molecular complexity index is 10.8. The molecule has 0 amide bonds. The van der Waals surface area contributed by atoms with Crippen molar-refractivity contribution < 1.29 is 24.3 Å². The van der Waals surface area contributed by atoms with E-state index in [0.717, 1.165) is 0 Å². The van der Waals surface area contributed by atoms with E-state index >= 15 is 0 Å². The van der Waals surface area contributed by atoms with Crippen LogP contribution in [-0.4, -0.2) is 6.79 Å². The van der Waals surface area contributed by atoms with Gasteiger partial charge in [0.15, 0.2) is 0 Å². The third-order valence-electron chi connectivity index (χ3n) is 0. The topological polar surface area (TPSA) is 17.1 Å². The molecule has 0 aliphatic heterocycles. The number of carbonyl (C=O) groups is 1. The van der Waals surface area contributed by atoms with Gasteiger partial charge in [0.2, 0.25) is 0 Å². The maximum absolute atomic E-state index is 8.00. The van der Waals surface area contributed by atoms with E-state index in [1.165, 1.54) is 0 Å². The van der Waals surface area contributed by atoms with Gasteiger partial charge in [0, 0.05) is 19.5 Å². The Morgan fingerprint density at radius 3 is 0.833 bits per heavy atom. The zero-order chi connectivity index (χ0) is 2.00. The normalized spacial score (nSPS) is 0.667. The smallest absolute Gasteiger partial charge is 0.106 e. The monoisotopic (exact) mass is 235 g/mol. The molecule has 6 heavy (non-hydrogen) atoms. The molecule has 3 atom stereocenters. The maximum atomic E-state index is 8.00. The molecular weight excluding hydrogens is 224 g/mol. The van der Waals surface area contributed by atoms with Crippen molar-refractivity contribution in [2.45, 2.75) is 0 Å². The summed E-state index contributed by atoms with van der Waals surface area (Å²) in [7, 11) is 0. The molecule has 0 aromatic carbocycles. The molecule has 0 N–H and O–H groups in total. The summed E-state index contributed by atoms with van der Waals surface area (Å²) in [6.45, 7) is 2.00. The summed E-state index contributed by atoms with van der Waals surface area (Å²) in [5.74, 6) is 0. The second kappa shape index (κ2) is 81.9. The molecule has 0 fully saturated rings. The minimum absolute atomic E-state index is 0. The Kier molecular flexibility index (Phi) is 672. The fraction of sp³-hybridized carbons (Fsp3) is 0. The van der Waals surface area contributed by atoms with Gasteiger partial charge in [-0.3, -0.25) is 0 Å². The molecule has 0 saturated carbocycles. The fourth-order valence-electron chi connectivity index (χ4n) is 0. The summed E-state index contributed by atoms with van der Waals surface area (Å²) in [6, 6.07) is 0. The Morgan fingerprint density at radius 1 is 0.833 bits per heavy atom. The van der Waals surface area contributed by atoms with Crippen molar-refractivity contribution in [2.24, 2.45) is 0 Å². The SMILES string of the molecule is C=O.P.P.P.[Rh]. The van der Waals surface area contributed by atoms with Gasteiger partial charge in [-0.25, -0.2) is 0 Å². The molecule has 0 spiro atoms. The van der Waals surface area contributed by atoms with Crippen molar-refractivity contribution in [2.75, 3.05) is 0 Å². The molecule has 0 aromatic heterocycles. The van der Waals surface area contributed by atoms with Crippen LogP contribution < -0.4 is 0 Å². The minimum Gasteiger partial charge on any atom is -0.307 e. The molecule has 5 heteroatoms. The molecule has 0 rings (SSSR count). The molecule has 3 unspecified atom stereocenters. The Morgan fingerprint density at radius 2 is 0.833 bits per heavy atom. The molecule has 45 valence electrons. The summed E-state index contributed by atoms with van der Waals surface area (Å²) < 4.78 is 0. The largest absolute Gasteiger partial charge is 0.307 e. The molecular formula is CH11OP3Rh. The first kappa shape index (κ1) is 49.2. The van der Waals surface area contributed by atoms with Crippen LogP contribution in [0.1, 0.15) is 0 Å². The summed E-state index contributed by atoms with van der Waals surface area (Å²) in [5.41, 5.74) is 0. The quantitative estimate of drug-likeness (QED) is 0.426. The molecule has 0 aliphatic rings. The molecule has 1 radical (unpaired) electrons.